The number of aromatic hydroxyl groups is 2. The zero-order valence-corrected chi connectivity index (χ0v) is 14.9. The second-order valence-electron chi connectivity index (χ2n) is 6.89. The number of nitrogens with zero attached hydrogens (tertiary/aromatic N) is 1. The van der Waals surface area contributed by atoms with Crippen LogP contribution in [0.3, 0.4) is 0 Å². The molecule has 0 saturated heterocycles. The summed E-state index contributed by atoms with van der Waals surface area (Å²) in [5.41, 5.74) is 6.50. The standard InChI is InChI=1S/C24H16FNO2/c25-15-10-8-14(9-11-15)21-13-18(16-4-1-2-6-22(16)27)20-12-19-17(24(20)26-21)5-3-7-23(19)28/h1-11,13,27-28H,12H2. The highest BCUT2D eigenvalue weighted by Crippen LogP contribution is 2.46. The molecule has 0 unspecified atom stereocenters. The van der Waals surface area contributed by atoms with E-state index in [1.54, 1.807) is 36.4 Å². The number of benzene rings is 3. The number of aromatic nitrogens is 1. The van der Waals surface area contributed by atoms with Crippen molar-refractivity contribution >= 4 is 0 Å². The van der Waals surface area contributed by atoms with Gasteiger partial charge in [-0.15, -0.1) is 0 Å². The highest BCUT2D eigenvalue weighted by Gasteiger charge is 2.27. The fourth-order valence-corrected chi connectivity index (χ4v) is 3.84. The molecule has 2 N–H and O–H groups in total. The first kappa shape index (κ1) is 16.5. The Hall–Kier alpha value is -3.66. The Kier molecular flexibility index (Phi) is 3.66. The smallest absolute Gasteiger partial charge is 0.123 e. The van der Waals surface area contributed by atoms with Gasteiger partial charge >= 0.3 is 0 Å². The van der Waals surface area contributed by atoms with Crippen molar-refractivity contribution in [1.82, 2.24) is 4.98 Å². The van der Waals surface area contributed by atoms with Gasteiger partial charge in [0.05, 0.1) is 11.4 Å². The van der Waals surface area contributed by atoms with Gasteiger partial charge in [0.15, 0.2) is 0 Å². The van der Waals surface area contributed by atoms with E-state index in [9.17, 15) is 14.6 Å². The fourth-order valence-electron chi connectivity index (χ4n) is 3.84. The first-order valence-electron chi connectivity index (χ1n) is 9.01. The van der Waals surface area contributed by atoms with Crippen LogP contribution in [-0.4, -0.2) is 15.2 Å². The lowest BCUT2D eigenvalue weighted by molar-refractivity contribution is 0.470. The van der Waals surface area contributed by atoms with Crippen LogP contribution in [0.2, 0.25) is 0 Å². The zero-order valence-electron chi connectivity index (χ0n) is 14.9. The molecule has 0 radical (unpaired) electrons. The number of phenols is 2. The third-order valence-electron chi connectivity index (χ3n) is 5.22. The largest absolute Gasteiger partial charge is 0.508 e. The van der Waals surface area contributed by atoms with Gasteiger partial charge in [-0.1, -0.05) is 30.3 Å². The molecule has 0 amide bonds. The number of hydrogen-bond acceptors (Lipinski definition) is 3. The maximum absolute atomic E-state index is 13.4. The van der Waals surface area contributed by atoms with Crippen LogP contribution in [-0.2, 0) is 6.42 Å². The van der Waals surface area contributed by atoms with Crippen LogP contribution in [0.4, 0.5) is 4.39 Å². The lowest BCUT2D eigenvalue weighted by Gasteiger charge is -2.13. The van der Waals surface area contributed by atoms with Crippen molar-refractivity contribution < 1.29 is 14.6 Å². The van der Waals surface area contributed by atoms with Gasteiger partial charge in [-0.3, -0.25) is 0 Å². The second-order valence-corrected chi connectivity index (χ2v) is 6.89. The SMILES string of the molecule is Oc1ccccc1-c1cc(-c2ccc(F)cc2)nc2c1Cc1c(O)cccc1-2. The third kappa shape index (κ3) is 2.54. The molecule has 28 heavy (non-hydrogen) atoms. The average Bonchev–Trinajstić information content (AvgIpc) is 3.09. The predicted molar refractivity (Wildman–Crippen MR) is 107 cm³/mol. The molecule has 1 aliphatic rings. The van der Waals surface area contributed by atoms with Gasteiger partial charge in [0.25, 0.3) is 0 Å². The molecule has 1 aromatic heterocycles. The lowest BCUT2D eigenvalue weighted by atomic mass is 9.95. The lowest BCUT2D eigenvalue weighted by Crippen LogP contribution is -1.95. The van der Waals surface area contributed by atoms with Crippen LogP contribution >= 0.6 is 0 Å². The summed E-state index contributed by atoms with van der Waals surface area (Å²) in [6, 6.07) is 20.7. The van der Waals surface area contributed by atoms with E-state index >= 15 is 0 Å². The summed E-state index contributed by atoms with van der Waals surface area (Å²) in [5.74, 6) is 0.115. The van der Waals surface area contributed by atoms with E-state index in [2.05, 4.69) is 0 Å². The monoisotopic (exact) mass is 369 g/mol. The van der Waals surface area contributed by atoms with Crippen molar-refractivity contribution in [3.05, 3.63) is 89.7 Å². The Morgan fingerprint density at radius 1 is 0.714 bits per heavy atom. The van der Waals surface area contributed by atoms with Crippen molar-refractivity contribution in [1.29, 1.82) is 0 Å². The van der Waals surface area contributed by atoms with Gasteiger partial charge in [0.2, 0.25) is 0 Å². The molecule has 3 aromatic carbocycles. The molecular weight excluding hydrogens is 353 g/mol. The van der Waals surface area contributed by atoms with Crippen molar-refractivity contribution in [2.24, 2.45) is 0 Å². The van der Waals surface area contributed by atoms with Crippen molar-refractivity contribution in [3.63, 3.8) is 0 Å². The van der Waals surface area contributed by atoms with Crippen LogP contribution in [0.1, 0.15) is 11.1 Å². The molecule has 0 spiro atoms. The van der Waals surface area contributed by atoms with Crippen molar-refractivity contribution in [3.8, 4) is 45.1 Å². The molecule has 0 aliphatic heterocycles. The molecule has 5 rings (SSSR count). The first-order chi connectivity index (χ1) is 13.6. The van der Waals surface area contributed by atoms with E-state index in [-0.39, 0.29) is 17.3 Å². The predicted octanol–water partition coefficient (Wildman–Crippen LogP) is 5.54. The minimum atomic E-state index is -0.305. The quantitative estimate of drug-likeness (QED) is 0.430. The fraction of sp³-hybridized carbons (Fsp3) is 0.0417. The maximum Gasteiger partial charge on any atom is 0.123 e. The highest BCUT2D eigenvalue weighted by molar-refractivity contribution is 5.88. The average molecular weight is 369 g/mol. The van der Waals surface area contributed by atoms with E-state index in [1.807, 2.05) is 24.3 Å². The minimum absolute atomic E-state index is 0.182. The summed E-state index contributed by atoms with van der Waals surface area (Å²) in [7, 11) is 0. The number of halogens is 1. The van der Waals surface area contributed by atoms with Crippen LogP contribution in [0.5, 0.6) is 11.5 Å². The molecule has 136 valence electrons. The van der Waals surface area contributed by atoms with E-state index in [1.165, 1.54) is 12.1 Å². The van der Waals surface area contributed by atoms with Crippen LogP contribution in [0, 0.1) is 5.82 Å². The van der Waals surface area contributed by atoms with Crippen LogP contribution in [0.15, 0.2) is 72.8 Å². The molecule has 1 heterocycles. The van der Waals surface area contributed by atoms with E-state index in [0.717, 1.165) is 33.5 Å². The second kappa shape index (κ2) is 6.20. The molecule has 3 nitrogen and oxygen atoms in total. The Balaban J connectivity index is 1.81. The maximum atomic E-state index is 13.4. The first-order valence-corrected chi connectivity index (χ1v) is 9.01. The zero-order chi connectivity index (χ0) is 19.3. The molecule has 0 atom stereocenters. The van der Waals surface area contributed by atoms with Gasteiger partial charge in [-0.25, -0.2) is 9.37 Å². The van der Waals surface area contributed by atoms with Gasteiger partial charge in [0.1, 0.15) is 17.3 Å². The molecule has 0 saturated carbocycles. The number of hydrogen-bond donors (Lipinski definition) is 2. The van der Waals surface area contributed by atoms with E-state index in [4.69, 9.17) is 4.98 Å². The van der Waals surface area contributed by atoms with Crippen LogP contribution in [0.25, 0.3) is 33.6 Å². The van der Waals surface area contributed by atoms with Crippen molar-refractivity contribution in [2.75, 3.05) is 0 Å². The number of fused-ring (bicyclic) bond motifs is 3. The Morgan fingerprint density at radius 2 is 1.43 bits per heavy atom. The molecule has 4 aromatic rings. The number of para-hydroxylation sites is 1. The minimum Gasteiger partial charge on any atom is -0.508 e. The van der Waals surface area contributed by atoms with Crippen molar-refractivity contribution in [2.45, 2.75) is 6.42 Å². The molecule has 0 bridgehead atoms. The normalized spacial score (nSPS) is 11.9. The Bertz CT molecular complexity index is 1220. The summed E-state index contributed by atoms with van der Waals surface area (Å²) >= 11 is 0. The van der Waals surface area contributed by atoms with E-state index in [0.29, 0.717) is 17.7 Å². The summed E-state index contributed by atoms with van der Waals surface area (Å²) in [6.45, 7) is 0. The summed E-state index contributed by atoms with van der Waals surface area (Å²) in [5, 5.41) is 20.8. The summed E-state index contributed by atoms with van der Waals surface area (Å²) < 4.78 is 13.4. The summed E-state index contributed by atoms with van der Waals surface area (Å²) in [4.78, 5) is 4.84. The Labute approximate surface area is 161 Å². The number of phenolic OH excluding ortho intramolecular Hbond substituents is 2. The van der Waals surface area contributed by atoms with Gasteiger partial charge in [-0.2, -0.15) is 0 Å². The Morgan fingerprint density at radius 3 is 2.21 bits per heavy atom. The van der Waals surface area contributed by atoms with Gasteiger partial charge in [0, 0.05) is 28.7 Å². The van der Waals surface area contributed by atoms with E-state index < -0.39 is 0 Å². The van der Waals surface area contributed by atoms with Gasteiger partial charge < -0.3 is 10.2 Å². The molecule has 4 heteroatoms. The molecule has 0 fully saturated rings. The summed E-state index contributed by atoms with van der Waals surface area (Å²) in [6.07, 6.45) is 0.539. The number of rotatable bonds is 2. The van der Waals surface area contributed by atoms with Crippen LogP contribution < -0.4 is 0 Å². The number of pyridine rings is 1. The third-order valence-corrected chi connectivity index (χ3v) is 5.22. The molecular formula is C24H16FNO2. The highest BCUT2D eigenvalue weighted by atomic mass is 19.1. The topological polar surface area (TPSA) is 53.4 Å². The van der Waals surface area contributed by atoms with Gasteiger partial charge in [-0.05, 0) is 53.6 Å². The molecule has 1 aliphatic carbocycles.